The fourth-order valence-electron chi connectivity index (χ4n) is 5.08. The average molecular weight is 364 g/mol. The Morgan fingerprint density at radius 1 is 1.00 bits per heavy atom. The van der Waals surface area contributed by atoms with Gasteiger partial charge in [0.1, 0.15) is 0 Å². The van der Waals surface area contributed by atoms with Gasteiger partial charge in [-0.05, 0) is 62.9 Å². The Morgan fingerprint density at radius 2 is 1.70 bits per heavy atom. The lowest BCUT2D eigenvalue weighted by Crippen LogP contribution is -2.47. The van der Waals surface area contributed by atoms with Gasteiger partial charge in [-0.2, -0.15) is 0 Å². The lowest BCUT2D eigenvalue weighted by molar-refractivity contribution is -0.128. The van der Waals surface area contributed by atoms with E-state index in [1.807, 2.05) is 23.1 Å². The molecule has 1 aliphatic heterocycles. The van der Waals surface area contributed by atoms with E-state index in [-0.39, 0.29) is 16.9 Å². The van der Waals surface area contributed by atoms with E-state index in [2.05, 4.69) is 54.3 Å². The van der Waals surface area contributed by atoms with Gasteiger partial charge in [-0.15, -0.1) is 0 Å². The molecule has 1 amide bonds. The van der Waals surface area contributed by atoms with Gasteiger partial charge < -0.3 is 4.90 Å². The van der Waals surface area contributed by atoms with Crippen LogP contribution in [0.3, 0.4) is 0 Å². The minimum Gasteiger partial charge on any atom is -0.336 e. The molecule has 0 bridgehead atoms. The summed E-state index contributed by atoms with van der Waals surface area (Å²) in [5.41, 5.74) is 2.61. The van der Waals surface area contributed by atoms with Crippen molar-refractivity contribution in [3.05, 3.63) is 66.0 Å². The molecule has 2 aliphatic rings. The summed E-state index contributed by atoms with van der Waals surface area (Å²) in [6.07, 6.45) is 6.91. The molecule has 1 aliphatic carbocycles. The Balaban J connectivity index is 1.49. The Labute approximate surface area is 162 Å². The summed E-state index contributed by atoms with van der Waals surface area (Å²) in [4.78, 5) is 21.5. The van der Waals surface area contributed by atoms with E-state index in [0.717, 1.165) is 37.9 Å². The van der Waals surface area contributed by atoms with Gasteiger partial charge in [0.15, 0.2) is 0 Å². The molecular formula is C23H29N3O. The van der Waals surface area contributed by atoms with E-state index in [1.165, 1.54) is 5.56 Å². The highest BCUT2D eigenvalue weighted by molar-refractivity contribution is 5.79. The Hall–Kier alpha value is -2.20. The first-order valence-corrected chi connectivity index (χ1v) is 9.94. The van der Waals surface area contributed by atoms with Crippen molar-refractivity contribution in [2.75, 3.05) is 20.6 Å². The van der Waals surface area contributed by atoms with Gasteiger partial charge >= 0.3 is 0 Å². The number of likely N-dealkylation sites (tertiary alicyclic amines) is 1. The third-order valence-corrected chi connectivity index (χ3v) is 6.79. The predicted molar refractivity (Wildman–Crippen MR) is 107 cm³/mol. The fourth-order valence-corrected chi connectivity index (χ4v) is 5.08. The maximum absolute atomic E-state index is 12.7. The third-order valence-electron chi connectivity index (χ3n) is 6.79. The van der Waals surface area contributed by atoms with Crippen molar-refractivity contribution in [2.45, 2.75) is 44.2 Å². The van der Waals surface area contributed by atoms with Crippen LogP contribution in [0.1, 0.15) is 43.4 Å². The smallest absolute Gasteiger partial charge is 0.223 e. The highest BCUT2D eigenvalue weighted by Gasteiger charge is 2.50. The van der Waals surface area contributed by atoms with Crippen LogP contribution in [-0.2, 0) is 16.9 Å². The number of carbonyl (C=O) groups excluding carboxylic acids is 1. The van der Waals surface area contributed by atoms with Crippen LogP contribution >= 0.6 is 0 Å². The lowest BCUT2D eigenvalue weighted by atomic mass is 9.64. The molecule has 2 fully saturated rings. The molecule has 2 heterocycles. The molecule has 1 aromatic carbocycles. The van der Waals surface area contributed by atoms with Gasteiger partial charge in [-0.25, -0.2) is 0 Å². The van der Waals surface area contributed by atoms with Crippen molar-refractivity contribution in [1.29, 1.82) is 0 Å². The summed E-state index contributed by atoms with van der Waals surface area (Å²) in [7, 11) is 4.39. The van der Waals surface area contributed by atoms with Crippen molar-refractivity contribution in [1.82, 2.24) is 14.8 Å². The van der Waals surface area contributed by atoms with Crippen LogP contribution in [0.5, 0.6) is 0 Å². The summed E-state index contributed by atoms with van der Waals surface area (Å²) in [6, 6.07) is 16.8. The topological polar surface area (TPSA) is 36.4 Å². The van der Waals surface area contributed by atoms with E-state index in [1.54, 1.807) is 6.20 Å². The van der Waals surface area contributed by atoms with Crippen LogP contribution in [0, 0.1) is 5.41 Å². The summed E-state index contributed by atoms with van der Waals surface area (Å²) < 4.78 is 0. The second kappa shape index (κ2) is 7.08. The zero-order valence-corrected chi connectivity index (χ0v) is 16.4. The van der Waals surface area contributed by atoms with Crippen LogP contribution in [0.2, 0.25) is 0 Å². The van der Waals surface area contributed by atoms with E-state index in [9.17, 15) is 4.79 Å². The van der Waals surface area contributed by atoms with Crippen molar-refractivity contribution in [2.24, 2.45) is 5.41 Å². The molecular weight excluding hydrogens is 334 g/mol. The lowest BCUT2D eigenvalue weighted by Gasteiger charge is -2.48. The number of aromatic nitrogens is 1. The number of nitrogens with zero attached hydrogens (tertiary/aromatic N) is 3. The Morgan fingerprint density at radius 3 is 2.33 bits per heavy atom. The quantitative estimate of drug-likeness (QED) is 0.828. The molecule has 4 nitrogen and oxygen atoms in total. The normalized spacial score (nSPS) is 28.3. The predicted octanol–water partition coefficient (Wildman–Crippen LogP) is 3.83. The summed E-state index contributed by atoms with van der Waals surface area (Å²) in [6.45, 7) is 1.51. The Bertz CT molecular complexity index is 780. The zero-order chi connectivity index (χ0) is 18.9. The molecule has 1 spiro atoms. The van der Waals surface area contributed by atoms with Gasteiger partial charge in [0, 0.05) is 24.7 Å². The molecule has 142 valence electrons. The average Bonchev–Trinajstić information content (AvgIpc) is 2.99. The Kier molecular flexibility index (Phi) is 4.77. The summed E-state index contributed by atoms with van der Waals surface area (Å²) in [5, 5.41) is 0. The van der Waals surface area contributed by atoms with Gasteiger partial charge in [-0.1, -0.05) is 36.4 Å². The number of pyridine rings is 1. The number of benzene rings is 1. The second-order valence-electron chi connectivity index (χ2n) is 8.54. The van der Waals surface area contributed by atoms with Crippen molar-refractivity contribution in [3.63, 3.8) is 0 Å². The zero-order valence-electron chi connectivity index (χ0n) is 16.4. The molecule has 4 rings (SSSR count). The molecule has 0 unspecified atom stereocenters. The molecule has 2 aromatic rings. The van der Waals surface area contributed by atoms with Crippen LogP contribution in [0.4, 0.5) is 0 Å². The van der Waals surface area contributed by atoms with Crippen molar-refractivity contribution < 1.29 is 4.79 Å². The van der Waals surface area contributed by atoms with Crippen molar-refractivity contribution in [3.8, 4) is 0 Å². The number of amides is 1. The number of hydrogen-bond donors (Lipinski definition) is 0. The molecule has 0 radical (unpaired) electrons. The molecule has 1 saturated heterocycles. The molecule has 1 saturated carbocycles. The molecule has 4 heteroatoms. The van der Waals surface area contributed by atoms with Crippen LogP contribution in [-0.4, -0.2) is 41.3 Å². The summed E-state index contributed by atoms with van der Waals surface area (Å²) >= 11 is 0. The van der Waals surface area contributed by atoms with E-state index in [0.29, 0.717) is 13.0 Å². The van der Waals surface area contributed by atoms with E-state index >= 15 is 0 Å². The first-order chi connectivity index (χ1) is 13.0. The van der Waals surface area contributed by atoms with Crippen LogP contribution in [0.15, 0.2) is 54.7 Å². The molecule has 0 N–H and O–H groups in total. The second-order valence-corrected chi connectivity index (χ2v) is 8.54. The monoisotopic (exact) mass is 363 g/mol. The number of carbonyl (C=O) groups is 1. The van der Waals surface area contributed by atoms with Gasteiger partial charge in [0.05, 0.1) is 12.2 Å². The van der Waals surface area contributed by atoms with E-state index in [4.69, 9.17) is 0 Å². The fraction of sp³-hybridized carbons (Fsp3) is 0.478. The molecule has 1 aromatic heterocycles. The van der Waals surface area contributed by atoms with Crippen molar-refractivity contribution >= 4 is 5.91 Å². The minimum absolute atomic E-state index is 0.0873. The number of hydrogen-bond acceptors (Lipinski definition) is 3. The SMILES string of the molecule is CN(C)[C@]1(c2ccccc2)CC[C@@]2(CC1)CC(=O)N(Cc1ccccn1)C2. The van der Waals surface area contributed by atoms with Crippen LogP contribution in [0.25, 0.3) is 0 Å². The minimum atomic E-state index is 0.0873. The molecule has 27 heavy (non-hydrogen) atoms. The standard InChI is InChI=1S/C23H29N3O/c1-25(2)23(19-8-4-3-5-9-19)13-11-22(12-14-23)16-21(27)26(18-22)17-20-10-6-7-15-24-20/h3-10,15H,11-14,16-18H2,1-2H3/t22-,23-. The molecule has 0 atom stereocenters. The summed E-state index contributed by atoms with van der Waals surface area (Å²) in [5.74, 6) is 0.290. The highest BCUT2D eigenvalue weighted by atomic mass is 16.2. The maximum Gasteiger partial charge on any atom is 0.223 e. The van der Waals surface area contributed by atoms with Gasteiger partial charge in [0.25, 0.3) is 0 Å². The number of rotatable bonds is 4. The third kappa shape index (κ3) is 3.39. The van der Waals surface area contributed by atoms with E-state index < -0.39 is 0 Å². The highest BCUT2D eigenvalue weighted by Crippen LogP contribution is 2.52. The largest absolute Gasteiger partial charge is 0.336 e. The van der Waals surface area contributed by atoms with Gasteiger partial charge in [-0.3, -0.25) is 14.7 Å². The first kappa shape index (κ1) is 18.2. The van der Waals surface area contributed by atoms with Crippen LogP contribution < -0.4 is 0 Å². The first-order valence-electron chi connectivity index (χ1n) is 9.94. The van der Waals surface area contributed by atoms with Gasteiger partial charge in [0.2, 0.25) is 5.91 Å². The maximum atomic E-state index is 12.7.